The Bertz CT molecular complexity index is 1330. The van der Waals surface area contributed by atoms with E-state index in [2.05, 4.69) is 17.9 Å². The second-order valence-electron chi connectivity index (χ2n) is 12.3. The molecular weight excluding hydrogens is 580 g/mol. The summed E-state index contributed by atoms with van der Waals surface area (Å²) in [5, 5.41) is 22.5. The van der Waals surface area contributed by atoms with Crippen LogP contribution in [0.25, 0.3) is 0 Å². The molecule has 6 unspecified atom stereocenters. The lowest BCUT2D eigenvalue weighted by molar-refractivity contribution is -0.150. The molecule has 1 amide bonds. The summed E-state index contributed by atoms with van der Waals surface area (Å²) in [7, 11) is 3.05. The van der Waals surface area contributed by atoms with Crippen molar-refractivity contribution >= 4 is 29.2 Å². The van der Waals surface area contributed by atoms with Crippen LogP contribution in [0.3, 0.4) is 0 Å². The summed E-state index contributed by atoms with van der Waals surface area (Å²) >= 11 is 6.38. The highest BCUT2D eigenvalue weighted by Gasteiger charge is 2.38. The van der Waals surface area contributed by atoms with Crippen molar-refractivity contribution in [3.63, 3.8) is 0 Å². The predicted octanol–water partition coefficient (Wildman–Crippen LogP) is 5.68. The Morgan fingerprint density at radius 3 is 2.64 bits per heavy atom. The molecule has 0 bridgehead atoms. The Balaban J connectivity index is 1.59. The quantitative estimate of drug-likeness (QED) is 0.231. The van der Waals surface area contributed by atoms with Crippen molar-refractivity contribution < 1.29 is 29.3 Å². The van der Waals surface area contributed by atoms with Crippen molar-refractivity contribution in [2.75, 3.05) is 38.8 Å². The zero-order valence-corrected chi connectivity index (χ0v) is 27.3. The average Bonchev–Trinajstić information content (AvgIpc) is 3.17. The molecule has 44 heavy (non-hydrogen) atoms. The number of hydrogen-bond donors (Lipinski definition) is 2. The van der Waals surface area contributed by atoms with Gasteiger partial charge in [0.2, 0.25) is 5.91 Å². The largest absolute Gasteiger partial charge is 0.491 e. The summed E-state index contributed by atoms with van der Waals surface area (Å²) in [5.74, 6) is 0.416. The van der Waals surface area contributed by atoms with Crippen LogP contribution in [-0.4, -0.2) is 73.0 Å². The van der Waals surface area contributed by atoms with Gasteiger partial charge in [0, 0.05) is 44.0 Å². The first-order chi connectivity index (χ1) is 21.0. The molecule has 8 nitrogen and oxygen atoms in total. The Morgan fingerprint density at radius 2 is 1.98 bits per heavy atom. The zero-order valence-electron chi connectivity index (χ0n) is 26.5. The molecule has 0 aromatic heterocycles. The summed E-state index contributed by atoms with van der Waals surface area (Å²) in [5.41, 5.74) is 3.68. The maximum atomic E-state index is 12.2. The van der Waals surface area contributed by atoms with Crippen LogP contribution in [0.15, 0.2) is 48.6 Å². The van der Waals surface area contributed by atoms with E-state index in [0.29, 0.717) is 37.4 Å². The van der Waals surface area contributed by atoms with Gasteiger partial charge in [0.25, 0.3) is 0 Å². The number of hydrogen-bond acceptors (Lipinski definition) is 7. The van der Waals surface area contributed by atoms with E-state index in [0.717, 1.165) is 36.4 Å². The molecule has 2 aromatic carbocycles. The van der Waals surface area contributed by atoms with Crippen LogP contribution in [0.2, 0.25) is 5.02 Å². The van der Waals surface area contributed by atoms with Crippen molar-refractivity contribution in [3.8, 4) is 5.75 Å². The molecule has 1 saturated carbocycles. The molecule has 6 atom stereocenters. The number of ether oxygens (including phenoxy) is 2. The maximum absolute atomic E-state index is 12.2. The summed E-state index contributed by atoms with van der Waals surface area (Å²) in [6, 6.07) is 11.5. The molecule has 4 rings (SSSR count). The van der Waals surface area contributed by atoms with Gasteiger partial charge in [-0.25, -0.2) is 4.79 Å². The number of aliphatic hydroxyl groups excluding tert-OH is 2. The number of fused-ring (bicyclic) bond motifs is 1. The molecule has 0 spiro atoms. The summed E-state index contributed by atoms with van der Waals surface area (Å²) in [4.78, 5) is 27.8. The number of carbonyl (C=O) groups is 2. The van der Waals surface area contributed by atoms with Gasteiger partial charge in [-0.15, -0.1) is 0 Å². The minimum absolute atomic E-state index is 0.0215. The van der Waals surface area contributed by atoms with Crippen LogP contribution in [0.4, 0.5) is 5.69 Å². The molecule has 2 aliphatic rings. The number of benzene rings is 2. The highest BCUT2D eigenvalue weighted by atomic mass is 35.5. The molecule has 0 radical (unpaired) electrons. The van der Waals surface area contributed by atoms with E-state index >= 15 is 0 Å². The molecule has 1 aliphatic carbocycles. The molecule has 9 heteroatoms. The summed E-state index contributed by atoms with van der Waals surface area (Å²) < 4.78 is 11.2. The summed E-state index contributed by atoms with van der Waals surface area (Å²) in [6.45, 7) is 7.56. The van der Waals surface area contributed by atoms with Gasteiger partial charge < -0.3 is 29.5 Å². The normalized spacial score (nSPS) is 21.8. The number of methoxy groups -OCH3 is 1. The Labute approximate surface area is 266 Å². The number of anilines is 1. The molecule has 2 N–H and O–H groups in total. The molecule has 0 saturated heterocycles. The van der Waals surface area contributed by atoms with Crippen molar-refractivity contribution in [3.05, 3.63) is 70.3 Å². The first kappa shape index (κ1) is 33.8. The smallest absolute Gasteiger partial charge is 0.339 e. The Kier molecular flexibility index (Phi) is 11.7. The van der Waals surface area contributed by atoms with Gasteiger partial charge in [-0.1, -0.05) is 49.2 Å². The lowest BCUT2D eigenvalue weighted by atomic mass is 9.70. The van der Waals surface area contributed by atoms with Gasteiger partial charge in [-0.3, -0.25) is 4.79 Å². The van der Waals surface area contributed by atoms with Gasteiger partial charge in [0.1, 0.15) is 5.75 Å². The van der Waals surface area contributed by atoms with Gasteiger partial charge in [0.05, 0.1) is 25.5 Å². The minimum atomic E-state index is -1.40. The van der Waals surface area contributed by atoms with Crippen LogP contribution < -0.4 is 9.64 Å². The number of esters is 1. The molecule has 1 aliphatic heterocycles. The zero-order chi connectivity index (χ0) is 32.0. The SMILES string of the molecule is CCCc1cc(Cl)ccc1C1COc2ccc(C(O)C(=O)OC)cc2N(CC2CCC2C(O)/C=C/CC(C)N(C)C(C)=O)C1. The lowest BCUT2D eigenvalue weighted by Gasteiger charge is -2.42. The van der Waals surface area contributed by atoms with Crippen LogP contribution in [0.1, 0.15) is 75.2 Å². The molecular formula is C35H47ClN2O6. The molecule has 2 aromatic rings. The number of aryl methyl sites for hydroxylation is 1. The second-order valence-corrected chi connectivity index (χ2v) is 12.7. The third-order valence-corrected chi connectivity index (χ3v) is 9.58. The number of rotatable bonds is 12. The van der Waals surface area contributed by atoms with Gasteiger partial charge in [0.15, 0.2) is 6.10 Å². The van der Waals surface area contributed by atoms with Crippen LogP contribution in [0.5, 0.6) is 5.75 Å². The minimum Gasteiger partial charge on any atom is -0.491 e. The standard InChI is InChI=1S/C35H47ClN2O6/c1-6-8-24-17-28(36)13-15-29(24)27-20-38(31-18-25(34(41)35(42)43-5)12-16-33(31)44-21-27)19-26-11-14-30(26)32(40)10-7-9-22(2)37(4)23(3)39/h7,10,12-13,15-18,22,26-27,30,32,34,40-41H,6,8-9,11,14,19-21H2,1-5H3/b10-7+. The monoisotopic (exact) mass is 626 g/mol. The first-order valence-electron chi connectivity index (χ1n) is 15.7. The lowest BCUT2D eigenvalue weighted by Crippen LogP contribution is -2.44. The fourth-order valence-corrected chi connectivity index (χ4v) is 6.52. The Morgan fingerprint density at radius 1 is 1.20 bits per heavy atom. The van der Waals surface area contributed by atoms with Gasteiger partial charge >= 0.3 is 5.97 Å². The highest BCUT2D eigenvalue weighted by Crippen LogP contribution is 2.43. The predicted molar refractivity (Wildman–Crippen MR) is 173 cm³/mol. The van der Waals surface area contributed by atoms with E-state index in [1.807, 2.05) is 43.3 Å². The van der Waals surface area contributed by atoms with E-state index in [9.17, 15) is 19.8 Å². The average molecular weight is 627 g/mol. The van der Waals surface area contributed by atoms with Gasteiger partial charge in [-0.2, -0.15) is 0 Å². The van der Waals surface area contributed by atoms with Crippen LogP contribution >= 0.6 is 11.6 Å². The Hall–Kier alpha value is -3.07. The van der Waals surface area contributed by atoms with E-state index in [1.54, 1.807) is 24.9 Å². The number of amides is 1. The van der Waals surface area contributed by atoms with E-state index < -0.39 is 18.2 Å². The fraction of sp³-hybridized carbons (Fsp3) is 0.543. The number of aliphatic hydroxyl groups is 2. The topological polar surface area (TPSA) is 99.5 Å². The fourth-order valence-electron chi connectivity index (χ4n) is 6.33. The molecule has 1 heterocycles. The maximum Gasteiger partial charge on any atom is 0.339 e. The molecule has 1 fully saturated rings. The highest BCUT2D eigenvalue weighted by molar-refractivity contribution is 6.30. The second kappa shape index (κ2) is 15.3. The van der Waals surface area contributed by atoms with Crippen molar-refractivity contribution in [1.82, 2.24) is 4.90 Å². The van der Waals surface area contributed by atoms with Crippen molar-refractivity contribution in [2.45, 2.75) is 77.0 Å². The van der Waals surface area contributed by atoms with Crippen LogP contribution in [0, 0.1) is 11.8 Å². The molecule has 240 valence electrons. The van der Waals surface area contributed by atoms with E-state index in [1.165, 1.54) is 18.2 Å². The van der Waals surface area contributed by atoms with Crippen molar-refractivity contribution in [2.24, 2.45) is 11.8 Å². The van der Waals surface area contributed by atoms with Gasteiger partial charge in [-0.05, 0) is 85.4 Å². The third kappa shape index (κ3) is 7.95. The number of nitrogens with zero attached hydrogens (tertiary/aromatic N) is 2. The van der Waals surface area contributed by atoms with Crippen LogP contribution in [-0.2, 0) is 20.7 Å². The van der Waals surface area contributed by atoms with E-state index in [4.69, 9.17) is 21.1 Å². The first-order valence-corrected chi connectivity index (χ1v) is 16.1. The summed E-state index contributed by atoms with van der Waals surface area (Å²) in [6.07, 6.45) is 6.38. The number of halogens is 1. The number of carbonyl (C=O) groups excluding carboxylic acids is 2. The van der Waals surface area contributed by atoms with E-state index in [-0.39, 0.29) is 29.7 Å². The third-order valence-electron chi connectivity index (χ3n) is 9.35. The van der Waals surface area contributed by atoms with Crippen molar-refractivity contribution in [1.29, 1.82) is 0 Å².